The molecule has 2 rings (SSSR count). The second-order valence-electron chi connectivity index (χ2n) is 6.32. The number of amides is 1. The van der Waals surface area contributed by atoms with Crippen LogP contribution in [-0.4, -0.2) is 49.1 Å². The molecule has 2 saturated heterocycles. The number of likely N-dealkylation sites (tertiary alicyclic amines) is 1. The molecule has 2 atom stereocenters. The fourth-order valence-electron chi connectivity index (χ4n) is 3.35. The second-order valence-corrected chi connectivity index (χ2v) is 6.32. The van der Waals surface area contributed by atoms with E-state index in [0.29, 0.717) is 12.0 Å². The van der Waals surface area contributed by atoms with Crippen LogP contribution in [0.3, 0.4) is 0 Å². The van der Waals surface area contributed by atoms with Gasteiger partial charge in [0.2, 0.25) is 5.91 Å². The van der Waals surface area contributed by atoms with Crippen LogP contribution in [-0.2, 0) is 4.79 Å². The second kappa shape index (κ2) is 10.7. The van der Waals surface area contributed by atoms with Crippen molar-refractivity contribution in [1.82, 2.24) is 15.5 Å². The van der Waals surface area contributed by atoms with Gasteiger partial charge in [0.1, 0.15) is 0 Å². The highest BCUT2D eigenvalue weighted by molar-refractivity contribution is 5.85. The molecule has 2 aliphatic heterocycles. The summed E-state index contributed by atoms with van der Waals surface area (Å²) < 4.78 is 0. The Kier molecular flexibility index (Phi) is 10.6. The third-order valence-electron chi connectivity index (χ3n) is 4.37. The molecule has 0 aromatic carbocycles. The number of carbonyl (C=O) groups excluding carboxylic acids is 1. The summed E-state index contributed by atoms with van der Waals surface area (Å²) in [4.78, 5) is 14.8. The van der Waals surface area contributed by atoms with Crippen LogP contribution in [0.4, 0.5) is 0 Å². The van der Waals surface area contributed by atoms with Crippen molar-refractivity contribution < 1.29 is 4.79 Å². The molecule has 4 nitrogen and oxygen atoms in total. The molecule has 0 aromatic rings. The van der Waals surface area contributed by atoms with Gasteiger partial charge in [-0.1, -0.05) is 20.3 Å². The third kappa shape index (κ3) is 6.31. The molecule has 2 aliphatic rings. The Morgan fingerprint density at radius 3 is 2.38 bits per heavy atom. The fourth-order valence-corrected chi connectivity index (χ4v) is 3.35. The molecule has 0 bridgehead atoms. The zero-order valence-electron chi connectivity index (χ0n) is 13.3. The van der Waals surface area contributed by atoms with Crippen LogP contribution in [0.2, 0.25) is 0 Å². The van der Waals surface area contributed by atoms with E-state index in [1.54, 1.807) is 0 Å². The molecule has 0 aliphatic carbocycles. The van der Waals surface area contributed by atoms with Crippen molar-refractivity contribution in [3.05, 3.63) is 0 Å². The summed E-state index contributed by atoms with van der Waals surface area (Å²) in [7, 11) is 0. The van der Waals surface area contributed by atoms with E-state index in [4.69, 9.17) is 0 Å². The van der Waals surface area contributed by atoms with Gasteiger partial charge in [0.05, 0.1) is 6.04 Å². The van der Waals surface area contributed by atoms with Crippen LogP contribution >= 0.6 is 24.8 Å². The molecule has 2 N–H and O–H groups in total. The standard InChI is InChI=1S/C15H29N3O.2ClH/c1-12(2)14(18-9-4-3-5-10-18)15(19)17-11-13-7-6-8-16-13;;/h12-14,16H,3-11H2,1-2H3,(H,17,19);2*1H. The van der Waals surface area contributed by atoms with E-state index < -0.39 is 0 Å². The summed E-state index contributed by atoms with van der Waals surface area (Å²) in [5, 5.41) is 6.59. The predicted octanol–water partition coefficient (Wildman–Crippen LogP) is 2.21. The summed E-state index contributed by atoms with van der Waals surface area (Å²) in [6.07, 6.45) is 6.22. The molecule has 0 radical (unpaired) electrons. The highest BCUT2D eigenvalue weighted by Crippen LogP contribution is 2.17. The van der Waals surface area contributed by atoms with Gasteiger partial charge in [0.15, 0.2) is 0 Å². The number of hydrogen-bond donors (Lipinski definition) is 2. The predicted molar refractivity (Wildman–Crippen MR) is 92.6 cm³/mol. The quantitative estimate of drug-likeness (QED) is 0.807. The number of nitrogens with zero attached hydrogens (tertiary/aromatic N) is 1. The minimum Gasteiger partial charge on any atom is -0.353 e. The largest absolute Gasteiger partial charge is 0.353 e. The first-order chi connectivity index (χ1) is 9.18. The highest BCUT2D eigenvalue weighted by Gasteiger charge is 2.30. The van der Waals surface area contributed by atoms with Gasteiger partial charge >= 0.3 is 0 Å². The first-order valence-electron chi connectivity index (χ1n) is 7.93. The molecule has 21 heavy (non-hydrogen) atoms. The van der Waals surface area contributed by atoms with E-state index in [0.717, 1.165) is 26.2 Å². The number of nitrogens with one attached hydrogen (secondary N) is 2. The molecule has 6 heteroatoms. The molecular formula is C15H31Cl2N3O. The fraction of sp³-hybridized carbons (Fsp3) is 0.933. The lowest BCUT2D eigenvalue weighted by molar-refractivity contribution is -0.128. The van der Waals surface area contributed by atoms with E-state index in [1.165, 1.54) is 32.1 Å². The highest BCUT2D eigenvalue weighted by atomic mass is 35.5. The van der Waals surface area contributed by atoms with Crippen LogP contribution in [0.15, 0.2) is 0 Å². The van der Waals surface area contributed by atoms with Gasteiger partial charge in [0.25, 0.3) is 0 Å². The van der Waals surface area contributed by atoms with Crippen LogP contribution in [0.1, 0.15) is 46.0 Å². The normalized spacial score (nSPS) is 24.0. The Bertz CT molecular complexity index is 291. The summed E-state index contributed by atoms with van der Waals surface area (Å²) in [5.74, 6) is 0.611. The maximum Gasteiger partial charge on any atom is 0.237 e. The van der Waals surface area contributed by atoms with Crippen LogP contribution in [0.25, 0.3) is 0 Å². The molecular weight excluding hydrogens is 309 g/mol. The van der Waals surface area contributed by atoms with E-state index in [9.17, 15) is 4.79 Å². The molecule has 1 amide bonds. The van der Waals surface area contributed by atoms with Crippen molar-refractivity contribution in [2.24, 2.45) is 5.92 Å². The lowest BCUT2D eigenvalue weighted by atomic mass is 9.98. The molecule has 126 valence electrons. The van der Waals surface area contributed by atoms with Crippen molar-refractivity contribution in [2.45, 2.75) is 58.0 Å². The van der Waals surface area contributed by atoms with Gasteiger partial charge in [-0.25, -0.2) is 0 Å². The zero-order chi connectivity index (χ0) is 13.7. The molecule has 0 saturated carbocycles. The molecule has 2 fully saturated rings. The smallest absolute Gasteiger partial charge is 0.237 e. The van der Waals surface area contributed by atoms with Crippen LogP contribution < -0.4 is 10.6 Å². The van der Waals surface area contributed by atoms with Gasteiger partial charge in [0, 0.05) is 12.6 Å². The first-order valence-corrected chi connectivity index (χ1v) is 7.93. The maximum absolute atomic E-state index is 12.5. The summed E-state index contributed by atoms with van der Waals surface area (Å²) in [6, 6.07) is 0.542. The topological polar surface area (TPSA) is 44.4 Å². The Labute approximate surface area is 141 Å². The molecule has 2 unspecified atom stereocenters. The number of hydrogen-bond acceptors (Lipinski definition) is 3. The number of carbonyl (C=O) groups is 1. The first kappa shape index (κ1) is 21.0. The summed E-state index contributed by atoms with van der Waals surface area (Å²) in [5.41, 5.74) is 0. The van der Waals surface area contributed by atoms with E-state index >= 15 is 0 Å². The molecule has 0 aromatic heterocycles. The van der Waals surface area contributed by atoms with Gasteiger partial charge in [-0.05, 0) is 51.2 Å². The molecule has 2 heterocycles. The van der Waals surface area contributed by atoms with Crippen molar-refractivity contribution in [3.63, 3.8) is 0 Å². The van der Waals surface area contributed by atoms with Gasteiger partial charge in [-0.15, -0.1) is 24.8 Å². The Hall–Kier alpha value is -0.0300. The monoisotopic (exact) mass is 339 g/mol. The van der Waals surface area contributed by atoms with Crippen LogP contribution in [0.5, 0.6) is 0 Å². The minimum absolute atomic E-state index is 0. The van der Waals surface area contributed by atoms with Crippen molar-refractivity contribution >= 4 is 30.7 Å². The molecule has 0 spiro atoms. The van der Waals surface area contributed by atoms with E-state index in [-0.39, 0.29) is 36.8 Å². The lowest BCUT2D eigenvalue weighted by Gasteiger charge is -2.36. The van der Waals surface area contributed by atoms with Gasteiger partial charge in [-0.3, -0.25) is 9.69 Å². The average molecular weight is 340 g/mol. The number of piperidine rings is 1. The minimum atomic E-state index is 0. The summed E-state index contributed by atoms with van der Waals surface area (Å²) in [6.45, 7) is 8.37. The Morgan fingerprint density at radius 2 is 1.86 bits per heavy atom. The number of rotatable bonds is 5. The Morgan fingerprint density at radius 1 is 1.19 bits per heavy atom. The van der Waals surface area contributed by atoms with Crippen molar-refractivity contribution in [1.29, 1.82) is 0 Å². The van der Waals surface area contributed by atoms with E-state index in [1.807, 2.05) is 0 Å². The average Bonchev–Trinajstić information content (AvgIpc) is 2.90. The maximum atomic E-state index is 12.5. The number of halogens is 2. The SMILES string of the molecule is CC(C)C(C(=O)NCC1CCCN1)N1CCCCC1.Cl.Cl. The van der Waals surface area contributed by atoms with Crippen molar-refractivity contribution in [2.75, 3.05) is 26.2 Å². The van der Waals surface area contributed by atoms with Crippen molar-refractivity contribution in [3.8, 4) is 0 Å². The van der Waals surface area contributed by atoms with E-state index in [2.05, 4.69) is 29.4 Å². The zero-order valence-corrected chi connectivity index (χ0v) is 14.9. The third-order valence-corrected chi connectivity index (χ3v) is 4.37. The van der Waals surface area contributed by atoms with Crippen LogP contribution in [0, 0.1) is 5.92 Å². The lowest BCUT2D eigenvalue weighted by Crippen LogP contribution is -2.53. The summed E-state index contributed by atoms with van der Waals surface area (Å²) >= 11 is 0. The van der Waals surface area contributed by atoms with Gasteiger partial charge in [-0.2, -0.15) is 0 Å². The Balaban J connectivity index is 0.00000200. The van der Waals surface area contributed by atoms with Gasteiger partial charge < -0.3 is 10.6 Å².